The molecule has 1 fully saturated rings. The molecule has 2 aromatic rings. The summed E-state index contributed by atoms with van der Waals surface area (Å²) in [4.78, 5) is 10.0. The lowest BCUT2D eigenvalue weighted by Gasteiger charge is -2.04. The van der Waals surface area contributed by atoms with Gasteiger partial charge in [0, 0.05) is 40.5 Å². The second-order valence-corrected chi connectivity index (χ2v) is 6.39. The van der Waals surface area contributed by atoms with Crippen LogP contribution in [-0.2, 0) is 12.3 Å². The van der Waals surface area contributed by atoms with Crippen molar-refractivity contribution < 1.29 is 0 Å². The van der Waals surface area contributed by atoms with Crippen LogP contribution in [0.1, 0.15) is 24.2 Å². The molecular formula is C15H16ClN3S. The van der Waals surface area contributed by atoms with E-state index in [1.807, 2.05) is 36.7 Å². The first-order valence-electron chi connectivity index (χ1n) is 6.71. The van der Waals surface area contributed by atoms with Crippen LogP contribution in [0, 0.1) is 0 Å². The van der Waals surface area contributed by atoms with Crippen molar-refractivity contribution >= 4 is 23.4 Å². The molecule has 1 N–H and O–H groups in total. The zero-order valence-electron chi connectivity index (χ0n) is 11.1. The molecule has 1 aromatic carbocycles. The maximum atomic E-state index is 5.86. The molecule has 1 aromatic heterocycles. The van der Waals surface area contributed by atoms with Gasteiger partial charge in [-0.1, -0.05) is 11.6 Å². The summed E-state index contributed by atoms with van der Waals surface area (Å²) in [5.41, 5.74) is 1.15. The molecule has 1 saturated carbocycles. The third kappa shape index (κ3) is 4.20. The molecule has 0 atom stereocenters. The molecule has 0 spiro atoms. The summed E-state index contributed by atoms with van der Waals surface area (Å²) in [5.74, 6) is 1.64. The molecule has 3 rings (SSSR count). The number of nitrogens with zero attached hydrogens (tertiary/aromatic N) is 2. The van der Waals surface area contributed by atoms with E-state index >= 15 is 0 Å². The molecule has 1 aliphatic rings. The van der Waals surface area contributed by atoms with Crippen molar-refractivity contribution in [2.24, 2.45) is 0 Å². The van der Waals surface area contributed by atoms with Gasteiger partial charge in [0.1, 0.15) is 5.82 Å². The molecule has 0 aliphatic heterocycles. The van der Waals surface area contributed by atoms with Crippen molar-refractivity contribution in [3.63, 3.8) is 0 Å². The summed E-state index contributed by atoms with van der Waals surface area (Å²) in [7, 11) is 0. The van der Waals surface area contributed by atoms with Crippen LogP contribution >= 0.6 is 23.4 Å². The minimum absolute atomic E-state index is 0.718. The quantitative estimate of drug-likeness (QED) is 0.826. The second-order valence-electron chi connectivity index (χ2n) is 4.91. The van der Waals surface area contributed by atoms with Crippen molar-refractivity contribution in [2.45, 2.75) is 36.1 Å². The van der Waals surface area contributed by atoms with Crippen molar-refractivity contribution in [3.05, 3.63) is 53.1 Å². The van der Waals surface area contributed by atoms with Gasteiger partial charge < -0.3 is 5.32 Å². The van der Waals surface area contributed by atoms with Crippen LogP contribution in [0.3, 0.4) is 0 Å². The van der Waals surface area contributed by atoms with Gasteiger partial charge in [-0.05, 0) is 37.1 Å². The van der Waals surface area contributed by atoms with E-state index in [1.54, 1.807) is 11.8 Å². The number of aromatic nitrogens is 2. The van der Waals surface area contributed by atoms with E-state index in [-0.39, 0.29) is 0 Å². The van der Waals surface area contributed by atoms with Crippen molar-refractivity contribution in [2.75, 3.05) is 0 Å². The number of benzene rings is 1. The van der Waals surface area contributed by atoms with Crippen LogP contribution in [0.5, 0.6) is 0 Å². The lowest BCUT2D eigenvalue weighted by molar-refractivity contribution is 0.682. The average Bonchev–Trinajstić information content (AvgIpc) is 3.30. The number of hydrogen-bond donors (Lipinski definition) is 1. The largest absolute Gasteiger partial charge is 0.310 e. The van der Waals surface area contributed by atoms with Crippen LogP contribution in [-0.4, -0.2) is 16.0 Å². The molecule has 0 saturated heterocycles. The smallest absolute Gasteiger partial charge is 0.138 e. The Kier molecular flexibility index (Phi) is 4.55. The SMILES string of the molecule is Clc1ccc(SCc2ncc(CNC3CC3)cn2)cc1. The Morgan fingerprint density at radius 3 is 2.50 bits per heavy atom. The first-order chi connectivity index (χ1) is 9.79. The Hall–Kier alpha value is -1.10. The Morgan fingerprint density at radius 2 is 1.85 bits per heavy atom. The number of halogens is 1. The summed E-state index contributed by atoms with van der Waals surface area (Å²) >= 11 is 7.58. The van der Waals surface area contributed by atoms with Gasteiger partial charge >= 0.3 is 0 Å². The Morgan fingerprint density at radius 1 is 1.15 bits per heavy atom. The predicted molar refractivity (Wildman–Crippen MR) is 82.9 cm³/mol. The topological polar surface area (TPSA) is 37.8 Å². The number of nitrogens with one attached hydrogen (secondary N) is 1. The summed E-state index contributed by atoms with van der Waals surface area (Å²) in [5, 5.41) is 4.22. The highest BCUT2D eigenvalue weighted by Gasteiger charge is 2.19. The second kappa shape index (κ2) is 6.57. The van der Waals surface area contributed by atoms with Crippen LogP contribution in [0.15, 0.2) is 41.6 Å². The number of thioether (sulfide) groups is 1. The molecule has 5 heteroatoms. The van der Waals surface area contributed by atoms with Gasteiger partial charge in [0.25, 0.3) is 0 Å². The van der Waals surface area contributed by atoms with Gasteiger partial charge in [0.05, 0.1) is 5.75 Å². The maximum Gasteiger partial charge on any atom is 0.138 e. The predicted octanol–water partition coefficient (Wildman–Crippen LogP) is 3.67. The van der Waals surface area contributed by atoms with Gasteiger partial charge in [-0.3, -0.25) is 0 Å². The number of hydrogen-bond acceptors (Lipinski definition) is 4. The van der Waals surface area contributed by atoms with E-state index in [1.165, 1.54) is 17.7 Å². The van der Waals surface area contributed by atoms with Gasteiger partial charge in [-0.15, -0.1) is 11.8 Å². The van der Waals surface area contributed by atoms with Crippen LogP contribution in [0.2, 0.25) is 5.02 Å². The van der Waals surface area contributed by atoms with Crippen molar-refractivity contribution in [1.82, 2.24) is 15.3 Å². The molecule has 3 nitrogen and oxygen atoms in total. The molecule has 1 aliphatic carbocycles. The first-order valence-corrected chi connectivity index (χ1v) is 8.07. The zero-order valence-corrected chi connectivity index (χ0v) is 12.6. The molecule has 0 radical (unpaired) electrons. The fourth-order valence-corrected chi connectivity index (χ4v) is 2.68. The molecule has 0 amide bonds. The van der Waals surface area contributed by atoms with Gasteiger partial charge in [-0.25, -0.2) is 9.97 Å². The van der Waals surface area contributed by atoms with Crippen LogP contribution in [0.25, 0.3) is 0 Å². The van der Waals surface area contributed by atoms with E-state index in [9.17, 15) is 0 Å². The Balaban J connectivity index is 1.50. The van der Waals surface area contributed by atoms with E-state index in [0.717, 1.165) is 34.7 Å². The molecule has 0 bridgehead atoms. The summed E-state index contributed by atoms with van der Waals surface area (Å²) in [6.07, 6.45) is 6.44. The minimum atomic E-state index is 0.718. The highest BCUT2D eigenvalue weighted by molar-refractivity contribution is 7.98. The summed E-state index contributed by atoms with van der Waals surface area (Å²) in [6, 6.07) is 8.55. The van der Waals surface area contributed by atoms with Crippen LogP contribution in [0.4, 0.5) is 0 Å². The minimum Gasteiger partial charge on any atom is -0.310 e. The first kappa shape index (κ1) is 13.9. The maximum absolute atomic E-state index is 5.86. The molecule has 1 heterocycles. The third-order valence-corrected chi connectivity index (χ3v) is 4.37. The monoisotopic (exact) mass is 305 g/mol. The normalized spacial score (nSPS) is 14.4. The fraction of sp³-hybridized carbons (Fsp3) is 0.333. The highest BCUT2D eigenvalue weighted by Crippen LogP contribution is 2.23. The molecule has 104 valence electrons. The van der Waals surface area contributed by atoms with E-state index in [0.29, 0.717) is 0 Å². The Labute approximate surface area is 128 Å². The summed E-state index contributed by atoms with van der Waals surface area (Å²) in [6.45, 7) is 0.870. The van der Waals surface area contributed by atoms with Crippen molar-refractivity contribution in [1.29, 1.82) is 0 Å². The van der Waals surface area contributed by atoms with Gasteiger partial charge in [0.15, 0.2) is 0 Å². The standard InChI is InChI=1S/C15H16ClN3S/c16-12-1-5-14(6-2-12)20-10-15-18-8-11(9-19-15)7-17-13-3-4-13/h1-2,5-6,8-9,13,17H,3-4,7,10H2. The van der Waals surface area contributed by atoms with Crippen molar-refractivity contribution in [3.8, 4) is 0 Å². The lowest BCUT2D eigenvalue weighted by Crippen LogP contribution is -2.15. The van der Waals surface area contributed by atoms with Gasteiger partial charge in [-0.2, -0.15) is 0 Å². The summed E-state index contributed by atoms with van der Waals surface area (Å²) < 4.78 is 0. The molecular weight excluding hydrogens is 290 g/mol. The highest BCUT2D eigenvalue weighted by atomic mass is 35.5. The van der Waals surface area contributed by atoms with E-state index < -0.39 is 0 Å². The Bertz CT molecular complexity index is 552. The van der Waals surface area contributed by atoms with Gasteiger partial charge in [0.2, 0.25) is 0 Å². The molecule has 20 heavy (non-hydrogen) atoms. The average molecular weight is 306 g/mol. The zero-order chi connectivity index (χ0) is 13.8. The third-order valence-electron chi connectivity index (χ3n) is 3.11. The fourth-order valence-electron chi connectivity index (χ4n) is 1.78. The van der Waals surface area contributed by atoms with Crippen LogP contribution < -0.4 is 5.32 Å². The van der Waals surface area contributed by atoms with E-state index in [4.69, 9.17) is 11.6 Å². The van der Waals surface area contributed by atoms with E-state index in [2.05, 4.69) is 15.3 Å². The molecule has 0 unspecified atom stereocenters. The lowest BCUT2D eigenvalue weighted by atomic mass is 10.3. The number of rotatable bonds is 6.